The Morgan fingerprint density at radius 2 is 1.53 bits per heavy atom. The van der Waals surface area contributed by atoms with E-state index in [1.54, 1.807) is 18.2 Å². The van der Waals surface area contributed by atoms with Gasteiger partial charge in [0, 0.05) is 11.1 Å². The first-order valence-corrected chi connectivity index (χ1v) is 11.4. The number of methoxy groups -OCH3 is 1. The molecule has 0 radical (unpaired) electrons. The van der Waals surface area contributed by atoms with Crippen LogP contribution in [-0.2, 0) is 24.1 Å². The van der Waals surface area contributed by atoms with Crippen molar-refractivity contribution in [3.05, 3.63) is 89.0 Å². The Hall–Kier alpha value is -4.31. The van der Waals surface area contributed by atoms with E-state index in [1.807, 2.05) is 0 Å². The number of nitrogens with one attached hydrogen (secondary N) is 1. The number of sulfone groups is 1. The minimum Gasteiger partial charge on any atom is -0.465 e. The maximum absolute atomic E-state index is 13.0. The standard InChI is InChI=1S/C24H17NO8S/c1-32-24(29)15-6-2-4-8-18(15)25-21(26)13-33-23(28)14-10-11-17-20(12-14)34(30,31)19-9-5-3-7-16(19)22(17)27/h2-12H,13H2,1H3,(H,25,26). The molecule has 0 saturated carbocycles. The van der Waals surface area contributed by atoms with Gasteiger partial charge in [-0.05, 0) is 42.5 Å². The molecule has 0 aliphatic carbocycles. The van der Waals surface area contributed by atoms with Crippen LogP contribution in [0.1, 0.15) is 36.6 Å². The number of esters is 2. The summed E-state index contributed by atoms with van der Waals surface area (Å²) >= 11 is 0. The molecule has 0 saturated heterocycles. The number of benzene rings is 3. The van der Waals surface area contributed by atoms with Gasteiger partial charge in [-0.15, -0.1) is 0 Å². The molecule has 10 heteroatoms. The molecule has 0 spiro atoms. The molecule has 172 valence electrons. The quantitative estimate of drug-likeness (QED) is 0.432. The van der Waals surface area contributed by atoms with E-state index >= 15 is 0 Å². The lowest BCUT2D eigenvalue weighted by atomic mass is 10.0. The zero-order valence-electron chi connectivity index (χ0n) is 17.7. The number of hydrogen-bond donors (Lipinski definition) is 1. The van der Waals surface area contributed by atoms with Gasteiger partial charge >= 0.3 is 11.9 Å². The summed E-state index contributed by atoms with van der Waals surface area (Å²) in [7, 11) is -2.83. The van der Waals surface area contributed by atoms with Gasteiger partial charge in [-0.25, -0.2) is 18.0 Å². The predicted octanol–water partition coefficient (Wildman–Crippen LogP) is 2.65. The maximum Gasteiger partial charge on any atom is 0.339 e. The zero-order chi connectivity index (χ0) is 24.5. The lowest BCUT2D eigenvalue weighted by molar-refractivity contribution is -0.119. The molecular formula is C24H17NO8S. The molecule has 1 aliphatic rings. The largest absolute Gasteiger partial charge is 0.465 e. The lowest BCUT2D eigenvalue weighted by Crippen LogP contribution is -2.23. The molecule has 1 aliphatic heterocycles. The molecule has 34 heavy (non-hydrogen) atoms. The first kappa shape index (κ1) is 22.9. The third-order valence-corrected chi connectivity index (χ3v) is 6.97. The van der Waals surface area contributed by atoms with Crippen LogP contribution in [0.3, 0.4) is 0 Å². The summed E-state index contributed by atoms with van der Waals surface area (Å²) in [5.74, 6) is -2.80. The first-order valence-electron chi connectivity index (χ1n) is 9.91. The second kappa shape index (κ2) is 8.91. The number of hydrogen-bond acceptors (Lipinski definition) is 8. The Labute approximate surface area is 194 Å². The first-order chi connectivity index (χ1) is 16.2. The lowest BCUT2D eigenvalue weighted by Gasteiger charge is -2.19. The van der Waals surface area contributed by atoms with E-state index < -0.39 is 40.1 Å². The minimum absolute atomic E-state index is 0.0487. The van der Waals surface area contributed by atoms with Gasteiger partial charge in [0.1, 0.15) is 0 Å². The number of para-hydroxylation sites is 1. The van der Waals surface area contributed by atoms with Crippen LogP contribution in [0.25, 0.3) is 0 Å². The molecule has 9 nitrogen and oxygen atoms in total. The number of carbonyl (C=O) groups excluding carboxylic acids is 4. The van der Waals surface area contributed by atoms with Gasteiger partial charge in [-0.3, -0.25) is 9.59 Å². The van der Waals surface area contributed by atoms with Gasteiger partial charge in [0.15, 0.2) is 12.4 Å². The Morgan fingerprint density at radius 1 is 0.853 bits per heavy atom. The summed E-state index contributed by atoms with van der Waals surface area (Å²) < 4.78 is 35.6. The molecule has 1 amide bonds. The van der Waals surface area contributed by atoms with Gasteiger partial charge in [0.05, 0.1) is 33.7 Å². The summed E-state index contributed by atoms with van der Waals surface area (Å²) in [5, 5.41) is 2.45. The van der Waals surface area contributed by atoms with E-state index in [2.05, 4.69) is 10.1 Å². The van der Waals surface area contributed by atoms with Gasteiger partial charge < -0.3 is 14.8 Å². The molecule has 3 aromatic rings. The smallest absolute Gasteiger partial charge is 0.339 e. The van der Waals surface area contributed by atoms with Crippen LogP contribution < -0.4 is 5.32 Å². The fourth-order valence-electron chi connectivity index (χ4n) is 3.49. The van der Waals surface area contributed by atoms with Crippen LogP contribution in [0.5, 0.6) is 0 Å². The number of rotatable bonds is 5. The molecule has 0 unspecified atom stereocenters. The van der Waals surface area contributed by atoms with Crippen LogP contribution in [0.15, 0.2) is 76.5 Å². The molecule has 0 bridgehead atoms. The Morgan fingerprint density at radius 3 is 2.29 bits per heavy atom. The fourth-order valence-corrected chi connectivity index (χ4v) is 5.17. The van der Waals surface area contributed by atoms with Crippen molar-refractivity contribution in [2.24, 2.45) is 0 Å². The average Bonchev–Trinajstić information content (AvgIpc) is 2.85. The molecular weight excluding hydrogens is 462 g/mol. The summed E-state index contributed by atoms with van der Waals surface area (Å²) in [6, 6.07) is 15.5. The predicted molar refractivity (Wildman–Crippen MR) is 118 cm³/mol. The molecule has 0 aromatic heterocycles. The second-order valence-electron chi connectivity index (χ2n) is 7.20. The van der Waals surface area contributed by atoms with Crippen molar-refractivity contribution in [2.75, 3.05) is 19.0 Å². The Kier molecular flexibility index (Phi) is 5.99. The van der Waals surface area contributed by atoms with Crippen molar-refractivity contribution >= 4 is 39.2 Å². The van der Waals surface area contributed by atoms with E-state index in [4.69, 9.17) is 4.74 Å². The fraction of sp³-hybridized carbons (Fsp3) is 0.0833. The molecule has 1 N–H and O–H groups in total. The number of amides is 1. The highest BCUT2D eigenvalue weighted by molar-refractivity contribution is 7.91. The van der Waals surface area contributed by atoms with Crippen LogP contribution >= 0.6 is 0 Å². The molecule has 0 atom stereocenters. The van der Waals surface area contributed by atoms with Gasteiger partial charge in [0.25, 0.3) is 5.91 Å². The number of anilines is 1. The SMILES string of the molecule is COC(=O)c1ccccc1NC(=O)COC(=O)c1ccc2c(c1)S(=O)(=O)c1ccccc1C2=O. The number of fused-ring (bicyclic) bond motifs is 2. The molecule has 3 aromatic carbocycles. The van der Waals surface area contributed by atoms with Crippen LogP contribution in [-0.4, -0.2) is 45.8 Å². The Balaban J connectivity index is 1.50. The van der Waals surface area contributed by atoms with Crippen molar-refractivity contribution < 1.29 is 37.1 Å². The van der Waals surface area contributed by atoms with Crippen molar-refractivity contribution in [1.82, 2.24) is 0 Å². The van der Waals surface area contributed by atoms with Gasteiger partial charge in [-0.2, -0.15) is 0 Å². The maximum atomic E-state index is 13.0. The van der Waals surface area contributed by atoms with E-state index in [0.717, 1.165) is 6.07 Å². The highest BCUT2D eigenvalue weighted by Crippen LogP contribution is 2.34. The van der Waals surface area contributed by atoms with E-state index in [0.29, 0.717) is 0 Å². The van der Waals surface area contributed by atoms with E-state index in [1.165, 1.54) is 49.6 Å². The van der Waals surface area contributed by atoms with Gasteiger partial charge in [0.2, 0.25) is 9.84 Å². The molecule has 0 fully saturated rings. The summed E-state index contributed by atoms with van der Waals surface area (Å²) in [5.41, 5.74) is 0.167. The second-order valence-corrected chi connectivity index (χ2v) is 9.09. The van der Waals surface area contributed by atoms with Gasteiger partial charge in [-0.1, -0.05) is 24.3 Å². The van der Waals surface area contributed by atoms with E-state index in [9.17, 15) is 27.6 Å². The van der Waals surface area contributed by atoms with Crippen molar-refractivity contribution in [3.63, 3.8) is 0 Å². The summed E-state index contributed by atoms with van der Waals surface area (Å²) in [6.45, 7) is -0.695. The minimum atomic E-state index is -4.03. The van der Waals surface area contributed by atoms with Crippen LogP contribution in [0.2, 0.25) is 0 Å². The number of ether oxygens (including phenoxy) is 2. The highest BCUT2D eigenvalue weighted by Gasteiger charge is 2.35. The van der Waals surface area contributed by atoms with E-state index in [-0.39, 0.29) is 37.7 Å². The zero-order valence-corrected chi connectivity index (χ0v) is 18.5. The number of ketones is 1. The van der Waals surface area contributed by atoms with Crippen molar-refractivity contribution in [1.29, 1.82) is 0 Å². The third-order valence-electron chi connectivity index (χ3n) is 5.11. The molecule has 4 rings (SSSR count). The molecule has 1 heterocycles. The third kappa shape index (κ3) is 4.06. The highest BCUT2D eigenvalue weighted by atomic mass is 32.2. The summed E-state index contributed by atoms with van der Waals surface area (Å²) in [4.78, 5) is 48.8. The van der Waals surface area contributed by atoms with Crippen molar-refractivity contribution in [3.8, 4) is 0 Å². The van der Waals surface area contributed by atoms with Crippen LogP contribution in [0.4, 0.5) is 5.69 Å². The monoisotopic (exact) mass is 479 g/mol. The Bertz CT molecular complexity index is 1460. The number of carbonyl (C=O) groups is 4. The topological polar surface area (TPSA) is 133 Å². The normalized spacial score (nSPS) is 13.3. The van der Waals surface area contributed by atoms with Crippen molar-refractivity contribution in [2.45, 2.75) is 9.79 Å². The summed E-state index contributed by atoms with van der Waals surface area (Å²) in [6.07, 6.45) is 0. The average molecular weight is 479 g/mol. The van der Waals surface area contributed by atoms with Crippen LogP contribution in [0, 0.1) is 0 Å².